The number of carbonyl (C=O) groups excluding carboxylic acids is 2. The van der Waals surface area contributed by atoms with Crippen molar-refractivity contribution in [2.24, 2.45) is 11.7 Å². The van der Waals surface area contributed by atoms with Crippen molar-refractivity contribution in [1.29, 1.82) is 0 Å². The zero-order chi connectivity index (χ0) is 15.2. The third kappa shape index (κ3) is 4.18. The second-order valence-electron chi connectivity index (χ2n) is 4.75. The first kappa shape index (κ1) is 15.8. The Labute approximate surface area is 127 Å². The van der Waals surface area contributed by atoms with Gasteiger partial charge in [-0.2, -0.15) is 11.8 Å². The van der Waals surface area contributed by atoms with Crippen LogP contribution in [0.15, 0.2) is 30.3 Å². The van der Waals surface area contributed by atoms with Crippen LogP contribution >= 0.6 is 11.8 Å². The summed E-state index contributed by atoms with van der Waals surface area (Å²) in [5.74, 6) is 11.1. The van der Waals surface area contributed by atoms with Gasteiger partial charge in [-0.3, -0.25) is 25.3 Å². The summed E-state index contributed by atoms with van der Waals surface area (Å²) in [5, 5.41) is 0. The van der Waals surface area contributed by atoms with Crippen LogP contribution in [0.4, 0.5) is 0 Å². The molecule has 7 nitrogen and oxygen atoms in total. The number of thioether (sulfide) groups is 1. The van der Waals surface area contributed by atoms with E-state index in [1.165, 1.54) is 5.56 Å². The number of hydrogen-bond donors (Lipinski definition) is 4. The van der Waals surface area contributed by atoms with Crippen molar-refractivity contribution in [3.63, 3.8) is 0 Å². The van der Waals surface area contributed by atoms with Gasteiger partial charge in [-0.1, -0.05) is 30.3 Å². The van der Waals surface area contributed by atoms with Crippen LogP contribution in [0.5, 0.6) is 0 Å². The molecule has 0 saturated carbocycles. The average Bonchev–Trinajstić information content (AvgIpc) is 3.31. The van der Waals surface area contributed by atoms with Crippen LogP contribution in [0.3, 0.4) is 0 Å². The highest BCUT2D eigenvalue weighted by atomic mass is 32.2. The van der Waals surface area contributed by atoms with Gasteiger partial charge in [0.1, 0.15) is 12.1 Å². The third-order valence-corrected chi connectivity index (χ3v) is 4.42. The van der Waals surface area contributed by atoms with Crippen LogP contribution in [0.2, 0.25) is 0 Å². The summed E-state index contributed by atoms with van der Waals surface area (Å²) in [7, 11) is 0. The van der Waals surface area contributed by atoms with Crippen molar-refractivity contribution in [2.75, 3.05) is 12.3 Å². The summed E-state index contributed by atoms with van der Waals surface area (Å²) < 4.78 is 0. The lowest BCUT2D eigenvalue weighted by molar-refractivity contribution is -0.125. The summed E-state index contributed by atoms with van der Waals surface area (Å²) in [5.41, 5.74) is 5.45. The van der Waals surface area contributed by atoms with Gasteiger partial charge in [0.25, 0.3) is 11.8 Å². The highest BCUT2D eigenvalue weighted by Crippen LogP contribution is 2.25. The molecule has 2 amide bonds. The number of benzene rings is 1. The Kier molecular flexibility index (Phi) is 5.57. The van der Waals surface area contributed by atoms with Crippen molar-refractivity contribution in [3.8, 4) is 0 Å². The molecule has 0 radical (unpaired) electrons. The molecule has 1 saturated heterocycles. The zero-order valence-electron chi connectivity index (χ0n) is 11.5. The van der Waals surface area contributed by atoms with Crippen molar-refractivity contribution in [2.45, 2.75) is 17.8 Å². The largest absolute Gasteiger partial charge is 0.293 e. The highest BCUT2D eigenvalue weighted by Gasteiger charge is 2.47. The molecule has 3 atom stereocenters. The van der Waals surface area contributed by atoms with Gasteiger partial charge in [-0.25, -0.2) is 11.7 Å². The molecular weight excluding hydrogens is 290 g/mol. The van der Waals surface area contributed by atoms with Crippen molar-refractivity contribution in [3.05, 3.63) is 35.9 Å². The van der Waals surface area contributed by atoms with Crippen LogP contribution < -0.4 is 22.5 Å². The smallest absolute Gasteiger partial charge is 0.252 e. The summed E-state index contributed by atoms with van der Waals surface area (Å²) in [4.78, 5) is 25.1. The Morgan fingerprint density at radius 2 is 2.00 bits per heavy atom. The fourth-order valence-electron chi connectivity index (χ4n) is 2.11. The number of amides is 2. The molecule has 1 aliphatic rings. The van der Waals surface area contributed by atoms with Gasteiger partial charge >= 0.3 is 0 Å². The van der Waals surface area contributed by atoms with Crippen LogP contribution in [0, 0.1) is 0 Å². The maximum absolute atomic E-state index is 11.8. The second kappa shape index (κ2) is 7.41. The van der Waals surface area contributed by atoms with Gasteiger partial charge in [0.2, 0.25) is 0 Å². The Bertz CT molecular complexity index is 499. The van der Waals surface area contributed by atoms with E-state index in [4.69, 9.17) is 11.7 Å². The van der Waals surface area contributed by atoms with Gasteiger partial charge in [0.15, 0.2) is 0 Å². The lowest BCUT2D eigenvalue weighted by Gasteiger charge is -2.17. The predicted molar refractivity (Wildman–Crippen MR) is 81.5 cm³/mol. The van der Waals surface area contributed by atoms with Crippen molar-refractivity contribution >= 4 is 23.6 Å². The number of hydrazine groups is 2. The van der Waals surface area contributed by atoms with Gasteiger partial charge in [0.05, 0.1) is 0 Å². The number of nitrogens with one attached hydrogen (secondary N) is 2. The summed E-state index contributed by atoms with van der Waals surface area (Å²) in [6, 6.07) is 9.23. The molecule has 0 aromatic heterocycles. The predicted octanol–water partition coefficient (Wildman–Crippen LogP) is -1.05. The SMILES string of the molecule is NNC(=O)C(CSCc1ccccc1)N1CC1C(=O)NN. The molecule has 6 N–H and O–H groups in total. The molecule has 3 unspecified atom stereocenters. The van der Waals surface area contributed by atoms with E-state index in [-0.39, 0.29) is 17.9 Å². The van der Waals surface area contributed by atoms with Crippen molar-refractivity contribution in [1.82, 2.24) is 15.8 Å². The molecule has 21 heavy (non-hydrogen) atoms. The number of carbonyl (C=O) groups is 2. The molecule has 1 aromatic rings. The Morgan fingerprint density at radius 1 is 1.29 bits per heavy atom. The van der Waals surface area contributed by atoms with E-state index in [1.807, 2.05) is 30.3 Å². The first-order chi connectivity index (χ1) is 10.2. The number of nitrogens with zero attached hydrogens (tertiary/aromatic N) is 1. The van der Waals surface area contributed by atoms with Gasteiger partial charge in [-0.15, -0.1) is 0 Å². The minimum Gasteiger partial charge on any atom is -0.293 e. The maximum atomic E-state index is 11.8. The van der Waals surface area contributed by atoms with Crippen LogP contribution in [0.1, 0.15) is 5.56 Å². The van der Waals surface area contributed by atoms with E-state index in [1.54, 1.807) is 16.7 Å². The maximum Gasteiger partial charge on any atom is 0.252 e. The zero-order valence-corrected chi connectivity index (χ0v) is 12.3. The normalized spacial score (nSPS) is 21.4. The van der Waals surface area contributed by atoms with Gasteiger partial charge < -0.3 is 0 Å². The Hall–Kier alpha value is -1.61. The molecule has 0 spiro atoms. The molecule has 1 fully saturated rings. The minimum atomic E-state index is -0.425. The number of hydrogen-bond acceptors (Lipinski definition) is 6. The fourth-order valence-corrected chi connectivity index (χ4v) is 3.22. The van der Waals surface area contributed by atoms with Crippen LogP contribution in [0.25, 0.3) is 0 Å². The monoisotopic (exact) mass is 309 g/mol. The first-order valence-corrected chi connectivity index (χ1v) is 7.71. The molecule has 114 valence electrons. The van der Waals surface area contributed by atoms with E-state index in [0.29, 0.717) is 12.3 Å². The minimum absolute atomic E-state index is 0.280. The van der Waals surface area contributed by atoms with Gasteiger partial charge in [-0.05, 0) is 5.56 Å². The van der Waals surface area contributed by atoms with Crippen LogP contribution in [-0.2, 0) is 15.3 Å². The van der Waals surface area contributed by atoms with E-state index >= 15 is 0 Å². The number of nitrogens with two attached hydrogens (primary N) is 2. The van der Waals surface area contributed by atoms with E-state index in [9.17, 15) is 9.59 Å². The van der Waals surface area contributed by atoms with Crippen LogP contribution in [-0.4, -0.2) is 41.1 Å². The van der Waals surface area contributed by atoms with Crippen molar-refractivity contribution < 1.29 is 9.59 Å². The van der Waals surface area contributed by atoms with E-state index in [2.05, 4.69) is 10.9 Å². The molecule has 8 heteroatoms. The average molecular weight is 309 g/mol. The second-order valence-corrected chi connectivity index (χ2v) is 5.78. The quantitative estimate of drug-likeness (QED) is 0.221. The molecule has 1 aliphatic heterocycles. The summed E-state index contributed by atoms with van der Waals surface area (Å²) in [6.45, 7) is 0.521. The number of rotatable bonds is 7. The lowest BCUT2D eigenvalue weighted by atomic mass is 10.2. The molecular formula is C13H19N5O2S. The molecule has 1 heterocycles. The molecule has 2 rings (SSSR count). The Morgan fingerprint density at radius 3 is 2.62 bits per heavy atom. The first-order valence-electron chi connectivity index (χ1n) is 6.55. The summed E-state index contributed by atoms with van der Waals surface area (Å²) in [6.07, 6.45) is 0. The topological polar surface area (TPSA) is 113 Å². The van der Waals surface area contributed by atoms with Gasteiger partial charge in [0, 0.05) is 18.1 Å². The molecule has 0 aliphatic carbocycles. The van der Waals surface area contributed by atoms with E-state index < -0.39 is 6.04 Å². The third-order valence-electron chi connectivity index (χ3n) is 3.33. The highest BCUT2D eigenvalue weighted by molar-refractivity contribution is 7.98. The van der Waals surface area contributed by atoms with E-state index in [0.717, 1.165) is 5.75 Å². The lowest BCUT2D eigenvalue weighted by Crippen LogP contribution is -2.46. The standard InChI is InChI=1S/C13H19N5O2S/c14-16-12(19)10-6-18(10)11(13(20)17-15)8-21-7-9-4-2-1-3-5-9/h1-5,10-11H,6-8,14-15H2,(H,16,19)(H,17,20). The molecule has 0 bridgehead atoms. The Balaban J connectivity index is 1.86. The fraction of sp³-hybridized carbons (Fsp3) is 0.385. The molecule has 1 aromatic carbocycles. The summed E-state index contributed by atoms with van der Waals surface area (Å²) >= 11 is 1.63.